The summed E-state index contributed by atoms with van der Waals surface area (Å²) in [5.41, 5.74) is 1.85. The fourth-order valence-electron chi connectivity index (χ4n) is 2.32. The highest BCUT2D eigenvalue weighted by atomic mass is 79.9. The Morgan fingerprint density at radius 3 is 2.42 bits per heavy atom. The first kappa shape index (κ1) is 16.4. The van der Waals surface area contributed by atoms with Crippen LogP contribution in [0.15, 0.2) is 64.0 Å². The molecule has 1 heterocycles. The molecule has 0 fully saturated rings. The maximum Gasteiger partial charge on any atom is 0.240 e. The van der Waals surface area contributed by atoms with Gasteiger partial charge in [0.15, 0.2) is 5.69 Å². The Kier molecular flexibility index (Phi) is 4.24. The maximum atomic E-state index is 11.9. The second kappa shape index (κ2) is 6.20. The van der Waals surface area contributed by atoms with Gasteiger partial charge in [-0.25, -0.2) is 18.2 Å². The predicted molar refractivity (Wildman–Crippen MR) is 92.8 cm³/mol. The van der Waals surface area contributed by atoms with Crippen LogP contribution in [0.5, 0.6) is 0 Å². The van der Waals surface area contributed by atoms with Crippen molar-refractivity contribution in [2.75, 3.05) is 0 Å². The summed E-state index contributed by atoms with van der Waals surface area (Å²) in [5, 5.41) is 18.7. The molecule has 0 aliphatic rings. The number of aromatic nitrogens is 2. The standard InChI is InChI=1S/C16H11BrN4O2S/c17-12-7-5-11(6-8-12)15-9-13(10-18)20-21(15)14-3-1-2-4-16(14)24(19,22)23/h1-9H,(H2,19,22,23). The molecule has 120 valence electrons. The zero-order chi connectivity index (χ0) is 17.3. The Morgan fingerprint density at radius 1 is 1.12 bits per heavy atom. The lowest BCUT2D eigenvalue weighted by Crippen LogP contribution is -2.16. The molecule has 0 radical (unpaired) electrons. The molecule has 0 aliphatic heterocycles. The smallest absolute Gasteiger partial charge is 0.230 e. The van der Waals surface area contributed by atoms with E-state index in [9.17, 15) is 8.42 Å². The van der Waals surface area contributed by atoms with Gasteiger partial charge in [-0.3, -0.25) is 0 Å². The van der Waals surface area contributed by atoms with Crippen LogP contribution < -0.4 is 5.14 Å². The molecule has 2 aromatic carbocycles. The van der Waals surface area contributed by atoms with Gasteiger partial charge >= 0.3 is 0 Å². The molecule has 3 aromatic rings. The summed E-state index contributed by atoms with van der Waals surface area (Å²) in [6.45, 7) is 0. The Balaban J connectivity index is 2.29. The monoisotopic (exact) mass is 402 g/mol. The molecular formula is C16H11BrN4O2S. The molecular weight excluding hydrogens is 392 g/mol. The Hall–Kier alpha value is -2.47. The largest absolute Gasteiger partial charge is 0.240 e. The summed E-state index contributed by atoms with van der Waals surface area (Å²) < 4.78 is 26.0. The van der Waals surface area contributed by atoms with Gasteiger partial charge in [-0.1, -0.05) is 40.2 Å². The van der Waals surface area contributed by atoms with Crippen molar-refractivity contribution in [1.29, 1.82) is 5.26 Å². The van der Waals surface area contributed by atoms with Crippen LogP contribution in [-0.4, -0.2) is 18.2 Å². The topological polar surface area (TPSA) is 102 Å². The fraction of sp³-hybridized carbons (Fsp3) is 0. The van der Waals surface area contributed by atoms with Gasteiger partial charge in [0.2, 0.25) is 10.0 Å². The number of halogens is 1. The molecule has 3 rings (SSSR count). The van der Waals surface area contributed by atoms with Gasteiger partial charge < -0.3 is 0 Å². The number of nitrogens with zero attached hydrogens (tertiary/aromatic N) is 3. The third kappa shape index (κ3) is 3.10. The maximum absolute atomic E-state index is 11.9. The van der Waals surface area contributed by atoms with Gasteiger partial charge in [-0.15, -0.1) is 0 Å². The summed E-state index contributed by atoms with van der Waals surface area (Å²) in [7, 11) is -3.94. The zero-order valence-electron chi connectivity index (χ0n) is 12.2. The molecule has 0 spiro atoms. The molecule has 2 N–H and O–H groups in total. The minimum Gasteiger partial charge on any atom is -0.230 e. The highest BCUT2D eigenvalue weighted by Gasteiger charge is 2.19. The highest BCUT2D eigenvalue weighted by Crippen LogP contribution is 2.28. The summed E-state index contributed by atoms with van der Waals surface area (Å²) in [4.78, 5) is -0.0593. The summed E-state index contributed by atoms with van der Waals surface area (Å²) in [5.74, 6) is 0. The van der Waals surface area contributed by atoms with Crippen molar-refractivity contribution in [3.8, 4) is 23.0 Å². The molecule has 0 atom stereocenters. The van der Waals surface area contributed by atoms with E-state index in [1.54, 1.807) is 24.3 Å². The summed E-state index contributed by atoms with van der Waals surface area (Å²) >= 11 is 3.37. The van der Waals surface area contributed by atoms with Crippen LogP contribution in [-0.2, 0) is 10.0 Å². The Morgan fingerprint density at radius 2 is 1.79 bits per heavy atom. The first-order valence-electron chi connectivity index (χ1n) is 6.78. The number of rotatable bonds is 3. The molecule has 0 saturated carbocycles. The van der Waals surface area contributed by atoms with E-state index in [1.165, 1.54) is 10.7 Å². The third-order valence-electron chi connectivity index (χ3n) is 3.36. The minimum atomic E-state index is -3.94. The van der Waals surface area contributed by atoms with Gasteiger partial charge in [-0.2, -0.15) is 10.4 Å². The SMILES string of the molecule is N#Cc1cc(-c2ccc(Br)cc2)n(-c2ccccc2S(N)(=O)=O)n1. The van der Waals surface area contributed by atoms with E-state index in [1.807, 2.05) is 30.3 Å². The van der Waals surface area contributed by atoms with Crippen molar-refractivity contribution < 1.29 is 8.42 Å². The van der Waals surface area contributed by atoms with E-state index in [2.05, 4.69) is 21.0 Å². The van der Waals surface area contributed by atoms with E-state index in [4.69, 9.17) is 10.4 Å². The van der Waals surface area contributed by atoms with Crippen LogP contribution in [0.1, 0.15) is 5.69 Å². The number of sulfonamides is 1. The molecule has 0 aliphatic carbocycles. The fourth-order valence-corrected chi connectivity index (χ4v) is 3.30. The van der Waals surface area contributed by atoms with Crippen molar-refractivity contribution in [3.05, 3.63) is 64.8 Å². The van der Waals surface area contributed by atoms with E-state index in [0.29, 0.717) is 11.4 Å². The van der Waals surface area contributed by atoms with Gasteiger partial charge in [-0.05, 0) is 24.3 Å². The van der Waals surface area contributed by atoms with Gasteiger partial charge in [0.1, 0.15) is 11.0 Å². The van der Waals surface area contributed by atoms with Crippen LogP contribution in [0.4, 0.5) is 0 Å². The van der Waals surface area contributed by atoms with E-state index in [-0.39, 0.29) is 10.6 Å². The van der Waals surface area contributed by atoms with Crippen molar-refractivity contribution in [3.63, 3.8) is 0 Å². The van der Waals surface area contributed by atoms with Crippen LogP contribution in [0.25, 0.3) is 16.9 Å². The lowest BCUT2D eigenvalue weighted by atomic mass is 10.1. The van der Waals surface area contributed by atoms with Gasteiger partial charge in [0.05, 0.1) is 11.4 Å². The average Bonchev–Trinajstić information content (AvgIpc) is 2.99. The number of para-hydroxylation sites is 1. The normalized spacial score (nSPS) is 11.2. The molecule has 6 nitrogen and oxygen atoms in total. The molecule has 0 amide bonds. The molecule has 1 aromatic heterocycles. The van der Waals surface area contributed by atoms with Crippen LogP contribution in [0.3, 0.4) is 0 Å². The lowest BCUT2D eigenvalue weighted by molar-refractivity contribution is 0.596. The van der Waals surface area contributed by atoms with Crippen molar-refractivity contribution in [2.45, 2.75) is 4.90 Å². The average molecular weight is 403 g/mol. The first-order chi connectivity index (χ1) is 11.4. The molecule has 0 bridgehead atoms. The second-order valence-corrected chi connectivity index (χ2v) is 7.40. The Bertz CT molecular complexity index is 1050. The van der Waals surface area contributed by atoms with Crippen molar-refractivity contribution >= 4 is 26.0 Å². The Labute approximate surface area is 147 Å². The zero-order valence-corrected chi connectivity index (χ0v) is 14.6. The summed E-state index contributed by atoms with van der Waals surface area (Å²) in [6.07, 6.45) is 0. The summed E-state index contributed by atoms with van der Waals surface area (Å²) in [6, 6.07) is 17.2. The number of primary sulfonamides is 1. The molecule has 24 heavy (non-hydrogen) atoms. The van der Waals surface area contributed by atoms with Gasteiger partial charge in [0, 0.05) is 16.1 Å². The quantitative estimate of drug-likeness (QED) is 0.727. The van der Waals surface area contributed by atoms with Gasteiger partial charge in [0.25, 0.3) is 0 Å². The van der Waals surface area contributed by atoms with E-state index in [0.717, 1.165) is 10.0 Å². The highest BCUT2D eigenvalue weighted by molar-refractivity contribution is 9.10. The molecule has 8 heteroatoms. The number of hydrogen-bond acceptors (Lipinski definition) is 4. The second-order valence-electron chi connectivity index (χ2n) is 4.96. The first-order valence-corrected chi connectivity index (χ1v) is 9.12. The molecule has 0 unspecified atom stereocenters. The lowest BCUT2D eigenvalue weighted by Gasteiger charge is -2.11. The van der Waals surface area contributed by atoms with Crippen LogP contribution in [0.2, 0.25) is 0 Å². The van der Waals surface area contributed by atoms with Crippen molar-refractivity contribution in [1.82, 2.24) is 9.78 Å². The number of benzene rings is 2. The molecule has 0 saturated heterocycles. The van der Waals surface area contributed by atoms with Crippen molar-refractivity contribution in [2.24, 2.45) is 5.14 Å². The number of hydrogen-bond donors (Lipinski definition) is 1. The predicted octanol–water partition coefficient (Wildman–Crippen LogP) is 2.82. The number of nitrogens with two attached hydrogens (primary N) is 1. The third-order valence-corrected chi connectivity index (χ3v) is 4.85. The van der Waals surface area contributed by atoms with E-state index >= 15 is 0 Å². The van der Waals surface area contributed by atoms with Crippen LogP contribution in [0, 0.1) is 11.3 Å². The number of nitriles is 1. The minimum absolute atomic E-state index is 0.0593. The van der Waals surface area contributed by atoms with E-state index < -0.39 is 10.0 Å². The van der Waals surface area contributed by atoms with Crippen LogP contribution >= 0.6 is 15.9 Å².